The Bertz CT molecular complexity index is 1150. The van der Waals surface area contributed by atoms with E-state index in [0.717, 1.165) is 18.5 Å². The van der Waals surface area contributed by atoms with Gasteiger partial charge in [-0.25, -0.2) is 0 Å². The van der Waals surface area contributed by atoms with Crippen LogP contribution in [0.5, 0.6) is 0 Å². The summed E-state index contributed by atoms with van der Waals surface area (Å²) in [5.41, 5.74) is 1.95. The van der Waals surface area contributed by atoms with Gasteiger partial charge in [-0.15, -0.1) is 0 Å². The predicted molar refractivity (Wildman–Crippen MR) is 104 cm³/mol. The Morgan fingerprint density at radius 3 is 2.89 bits per heavy atom. The number of fused-ring (bicyclic) bond motifs is 2. The number of aromatic amines is 1. The largest absolute Gasteiger partial charge is 0.386 e. The van der Waals surface area contributed by atoms with Gasteiger partial charge in [-0.1, -0.05) is 11.6 Å². The molecule has 0 bridgehead atoms. The molecular formula is C20H19ClN4O3. The molecule has 5 rings (SSSR count). The highest BCUT2D eigenvalue weighted by molar-refractivity contribution is 6.31. The van der Waals surface area contributed by atoms with E-state index < -0.39 is 6.10 Å². The maximum absolute atomic E-state index is 13.0. The monoisotopic (exact) mass is 398 g/mol. The molecule has 0 saturated heterocycles. The van der Waals surface area contributed by atoms with Crippen LogP contribution >= 0.6 is 11.6 Å². The number of nitrogens with zero attached hydrogens (tertiary/aromatic N) is 3. The molecule has 1 fully saturated rings. The molecule has 144 valence electrons. The second-order valence-corrected chi connectivity index (χ2v) is 7.95. The van der Waals surface area contributed by atoms with Gasteiger partial charge in [0.2, 0.25) is 5.43 Å². The van der Waals surface area contributed by atoms with Gasteiger partial charge in [-0.3, -0.25) is 14.3 Å². The Labute approximate surface area is 165 Å². The second kappa shape index (κ2) is 6.46. The molecule has 1 aliphatic carbocycles. The predicted octanol–water partition coefficient (Wildman–Crippen LogP) is 2.48. The first kappa shape index (κ1) is 17.5. The molecule has 7 nitrogen and oxygen atoms in total. The van der Waals surface area contributed by atoms with Crippen molar-refractivity contribution in [1.29, 1.82) is 0 Å². The van der Waals surface area contributed by atoms with Crippen LogP contribution in [0.2, 0.25) is 5.02 Å². The summed E-state index contributed by atoms with van der Waals surface area (Å²) in [5.74, 6) is -0.00538. The van der Waals surface area contributed by atoms with E-state index in [1.807, 2.05) is 10.7 Å². The van der Waals surface area contributed by atoms with Crippen molar-refractivity contribution in [3.05, 3.63) is 62.7 Å². The molecule has 1 aromatic carbocycles. The Hall–Kier alpha value is -2.64. The van der Waals surface area contributed by atoms with Gasteiger partial charge in [0.15, 0.2) is 0 Å². The summed E-state index contributed by atoms with van der Waals surface area (Å²) in [6, 6.07) is 6.80. The summed E-state index contributed by atoms with van der Waals surface area (Å²) in [6.45, 7) is 1.37. The van der Waals surface area contributed by atoms with E-state index in [1.165, 1.54) is 6.20 Å². The molecule has 0 radical (unpaired) electrons. The van der Waals surface area contributed by atoms with E-state index in [0.29, 0.717) is 47.2 Å². The fraction of sp³-hybridized carbons (Fsp3) is 0.350. The van der Waals surface area contributed by atoms with Crippen molar-refractivity contribution in [3.63, 3.8) is 0 Å². The molecule has 1 atom stereocenters. The van der Waals surface area contributed by atoms with Crippen LogP contribution in [0.15, 0.2) is 35.3 Å². The maximum Gasteiger partial charge on any atom is 0.259 e. The molecule has 2 aliphatic rings. The SMILES string of the molecule is O=C(c1c[nH]c2cc(Cl)ccc2c1=O)N1CCn2nc([C@@H](O)C3CC3)cc2C1. The highest BCUT2D eigenvalue weighted by atomic mass is 35.5. The topological polar surface area (TPSA) is 91.2 Å². The number of H-pyrrole nitrogens is 1. The zero-order valence-corrected chi connectivity index (χ0v) is 15.8. The van der Waals surface area contributed by atoms with Crippen LogP contribution in [0.25, 0.3) is 10.9 Å². The number of carbonyl (C=O) groups excluding carboxylic acids is 1. The van der Waals surface area contributed by atoms with E-state index in [1.54, 1.807) is 23.1 Å². The summed E-state index contributed by atoms with van der Waals surface area (Å²) >= 11 is 5.97. The third-order valence-electron chi connectivity index (χ3n) is 5.55. The maximum atomic E-state index is 13.0. The first-order valence-electron chi connectivity index (χ1n) is 9.36. The number of hydrogen-bond donors (Lipinski definition) is 2. The number of aliphatic hydroxyl groups is 1. The molecule has 0 spiro atoms. The average molecular weight is 399 g/mol. The van der Waals surface area contributed by atoms with E-state index >= 15 is 0 Å². The van der Waals surface area contributed by atoms with E-state index in [4.69, 9.17) is 11.6 Å². The summed E-state index contributed by atoms with van der Waals surface area (Å²) in [6.07, 6.45) is 2.99. The minimum absolute atomic E-state index is 0.112. The third-order valence-corrected chi connectivity index (χ3v) is 5.78. The average Bonchev–Trinajstić information content (AvgIpc) is 3.45. The van der Waals surface area contributed by atoms with Crippen molar-refractivity contribution in [3.8, 4) is 0 Å². The van der Waals surface area contributed by atoms with E-state index in [9.17, 15) is 14.7 Å². The number of benzene rings is 1. The van der Waals surface area contributed by atoms with Crippen LogP contribution in [0, 0.1) is 5.92 Å². The normalized spacial score (nSPS) is 17.6. The van der Waals surface area contributed by atoms with E-state index in [2.05, 4.69) is 10.1 Å². The highest BCUT2D eigenvalue weighted by Crippen LogP contribution is 2.40. The van der Waals surface area contributed by atoms with E-state index in [-0.39, 0.29) is 16.9 Å². The fourth-order valence-electron chi connectivity index (χ4n) is 3.78. The zero-order chi connectivity index (χ0) is 19.4. The van der Waals surface area contributed by atoms with Gasteiger partial charge < -0.3 is 15.0 Å². The van der Waals surface area contributed by atoms with Crippen molar-refractivity contribution in [2.75, 3.05) is 6.54 Å². The van der Waals surface area contributed by atoms with Crippen molar-refractivity contribution >= 4 is 28.4 Å². The molecule has 1 saturated carbocycles. The number of hydrogen-bond acceptors (Lipinski definition) is 4. The quantitative estimate of drug-likeness (QED) is 0.709. The number of rotatable bonds is 3. The van der Waals surface area contributed by atoms with Gasteiger partial charge in [0, 0.05) is 23.2 Å². The molecule has 1 amide bonds. The number of aromatic nitrogens is 3. The summed E-state index contributed by atoms with van der Waals surface area (Å²) in [4.78, 5) is 30.4. The van der Waals surface area contributed by atoms with Crippen LogP contribution in [-0.2, 0) is 13.1 Å². The van der Waals surface area contributed by atoms with Crippen LogP contribution in [0.4, 0.5) is 0 Å². The van der Waals surface area contributed by atoms with Crippen molar-refractivity contribution < 1.29 is 9.90 Å². The zero-order valence-electron chi connectivity index (χ0n) is 15.1. The lowest BCUT2D eigenvalue weighted by atomic mass is 10.1. The highest BCUT2D eigenvalue weighted by Gasteiger charge is 2.34. The van der Waals surface area contributed by atoms with Crippen molar-refractivity contribution in [1.82, 2.24) is 19.7 Å². The van der Waals surface area contributed by atoms with Crippen LogP contribution < -0.4 is 5.43 Å². The van der Waals surface area contributed by atoms with Crippen LogP contribution in [0.1, 0.15) is 40.7 Å². The van der Waals surface area contributed by atoms with Gasteiger partial charge in [-0.05, 0) is 43.0 Å². The first-order chi connectivity index (χ1) is 13.5. The summed E-state index contributed by atoms with van der Waals surface area (Å²) in [5, 5.41) is 15.8. The number of amides is 1. The first-order valence-corrected chi connectivity index (χ1v) is 9.74. The van der Waals surface area contributed by atoms with Crippen molar-refractivity contribution in [2.45, 2.75) is 32.0 Å². The Balaban J connectivity index is 1.42. The third kappa shape index (κ3) is 2.91. The number of halogens is 1. The Morgan fingerprint density at radius 2 is 2.11 bits per heavy atom. The van der Waals surface area contributed by atoms with Gasteiger partial charge >= 0.3 is 0 Å². The molecular weight excluding hydrogens is 380 g/mol. The fourth-order valence-corrected chi connectivity index (χ4v) is 3.96. The standard InChI is InChI=1S/C20H19ClN4O3/c21-12-3-4-14-16(7-12)22-9-15(19(14)27)20(28)24-5-6-25-13(10-24)8-17(23-25)18(26)11-1-2-11/h3-4,7-9,11,18,26H,1-2,5-6,10H2,(H,22,27)/t18-/m0/s1. The minimum atomic E-state index is -0.530. The molecule has 1 aliphatic heterocycles. The number of pyridine rings is 1. The lowest BCUT2D eigenvalue weighted by Crippen LogP contribution is -2.40. The molecule has 2 aromatic heterocycles. The molecule has 28 heavy (non-hydrogen) atoms. The molecule has 2 N–H and O–H groups in total. The summed E-state index contributed by atoms with van der Waals surface area (Å²) < 4.78 is 1.84. The van der Waals surface area contributed by atoms with Gasteiger partial charge in [-0.2, -0.15) is 5.10 Å². The Morgan fingerprint density at radius 1 is 1.29 bits per heavy atom. The molecule has 3 heterocycles. The Kier molecular flexibility index (Phi) is 4.03. The number of nitrogens with one attached hydrogen (secondary N) is 1. The second-order valence-electron chi connectivity index (χ2n) is 7.51. The van der Waals surface area contributed by atoms with Crippen LogP contribution in [-0.4, -0.2) is 37.2 Å². The lowest BCUT2D eigenvalue weighted by molar-refractivity contribution is 0.0704. The smallest absolute Gasteiger partial charge is 0.259 e. The molecule has 8 heteroatoms. The molecule has 0 unspecified atom stereocenters. The number of carbonyl (C=O) groups is 1. The lowest BCUT2D eigenvalue weighted by Gasteiger charge is -2.27. The number of aliphatic hydroxyl groups excluding tert-OH is 1. The van der Waals surface area contributed by atoms with Gasteiger partial charge in [0.05, 0.1) is 30.0 Å². The summed E-state index contributed by atoms with van der Waals surface area (Å²) in [7, 11) is 0. The van der Waals surface area contributed by atoms with Crippen molar-refractivity contribution in [2.24, 2.45) is 5.92 Å². The van der Waals surface area contributed by atoms with Crippen LogP contribution in [0.3, 0.4) is 0 Å². The minimum Gasteiger partial charge on any atom is -0.386 e. The van der Waals surface area contributed by atoms with Gasteiger partial charge in [0.25, 0.3) is 5.91 Å². The molecule has 3 aromatic rings. The van der Waals surface area contributed by atoms with Gasteiger partial charge in [0.1, 0.15) is 11.7 Å².